The zero-order chi connectivity index (χ0) is 14.8. The molecule has 3 N–H and O–H groups in total. The predicted octanol–water partition coefficient (Wildman–Crippen LogP) is 1.57. The molecule has 1 atom stereocenters. The molecule has 0 amide bonds. The van der Waals surface area contributed by atoms with E-state index < -0.39 is 0 Å². The van der Waals surface area contributed by atoms with Crippen molar-refractivity contribution in [1.29, 1.82) is 0 Å². The molecule has 20 heavy (non-hydrogen) atoms. The number of methoxy groups -OCH3 is 1. The molecule has 1 unspecified atom stereocenters. The van der Waals surface area contributed by atoms with Crippen LogP contribution in [0.2, 0.25) is 0 Å². The van der Waals surface area contributed by atoms with E-state index in [-0.39, 0.29) is 6.04 Å². The molecule has 0 saturated carbocycles. The molecular formula is C15H25N3O2. The molecule has 0 heterocycles. The molecule has 5 nitrogen and oxygen atoms in total. The lowest BCUT2D eigenvalue weighted by Gasteiger charge is -2.13. The normalized spacial score (nSPS) is 13.1. The van der Waals surface area contributed by atoms with Crippen molar-refractivity contribution in [3.05, 3.63) is 29.8 Å². The first-order valence-corrected chi connectivity index (χ1v) is 6.92. The van der Waals surface area contributed by atoms with Gasteiger partial charge in [-0.05, 0) is 38.0 Å². The van der Waals surface area contributed by atoms with E-state index in [1.807, 2.05) is 32.0 Å². The van der Waals surface area contributed by atoms with Gasteiger partial charge in [-0.3, -0.25) is 4.99 Å². The van der Waals surface area contributed by atoms with Gasteiger partial charge in [-0.15, -0.1) is 0 Å². The van der Waals surface area contributed by atoms with Gasteiger partial charge in [0.1, 0.15) is 5.75 Å². The maximum Gasteiger partial charge on any atom is 0.188 e. The fraction of sp³-hybridized carbons (Fsp3) is 0.533. The monoisotopic (exact) mass is 279 g/mol. The molecule has 0 fully saturated rings. The lowest BCUT2D eigenvalue weighted by atomic mass is 10.1. The van der Waals surface area contributed by atoms with Gasteiger partial charge in [0.05, 0.1) is 13.2 Å². The lowest BCUT2D eigenvalue weighted by Crippen LogP contribution is -2.40. The highest BCUT2D eigenvalue weighted by molar-refractivity contribution is 5.78. The third-order valence-electron chi connectivity index (χ3n) is 2.70. The van der Waals surface area contributed by atoms with Crippen molar-refractivity contribution in [3.63, 3.8) is 0 Å². The maximum absolute atomic E-state index is 5.81. The lowest BCUT2D eigenvalue weighted by molar-refractivity contribution is 0.179. The zero-order valence-electron chi connectivity index (χ0n) is 12.6. The van der Waals surface area contributed by atoms with Crippen LogP contribution in [0.5, 0.6) is 5.75 Å². The Kier molecular flexibility index (Phi) is 7.50. The molecule has 1 aromatic rings. The van der Waals surface area contributed by atoms with Gasteiger partial charge < -0.3 is 20.5 Å². The van der Waals surface area contributed by atoms with Crippen molar-refractivity contribution < 1.29 is 9.47 Å². The van der Waals surface area contributed by atoms with Crippen LogP contribution in [-0.2, 0) is 11.2 Å². The number of rotatable bonds is 8. The number of guanidine groups is 1. The first-order chi connectivity index (χ1) is 9.65. The van der Waals surface area contributed by atoms with Gasteiger partial charge in [0.25, 0.3) is 0 Å². The molecule has 0 radical (unpaired) electrons. The van der Waals surface area contributed by atoms with Crippen LogP contribution >= 0.6 is 0 Å². The van der Waals surface area contributed by atoms with Crippen molar-refractivity contribution in [2.45, 2.75) is 26.3 Å². The number of aliphatic imine (C=N–C) groups is 1. The van der Waals surface area contributed by atoms with Crippen molar-refractivity contribution in [2.24, 2.45) is 10.7 Å². The van der Waals surface area contributed by atoms with Crippen LogP contribution in [0, 0.1) is 0 Å². The van der Waals surface area contributed by atoms with E-state index in [4.69, 9.17) is 15.2 Å². The fourth-order valence-electron chi connectivity index (χ4n) is 1.85. The molecule has 0 aliphatic carbocycles. The number of nitrogens with two attached hydrogens (primary N) is 1. The fourth-order valence-corrected chi connectivity index (χ4v) is 1.85. The summed E-state index contributed by atoms with van der Waals surface area (Å²) in [4.78, 5) is 4.30. The van der Waals surface area contributed by atoms with Crippen molar-refractivity contribution >= 4 is 5.96 Å². The van der Waals surface area contributed by atoms with Crippen LogP contribution in [0.3, 0.4) is 0 Å². The molecule has 0 bridgehead atoms. The molecule has 0 aliphatic rings. The van der Waals surface area contributed by atoms with E-state index in [1.54, 1.807) is 7.11 Å². The van der Waals surface area contributed by atoms with Gasteiger partial charge in [-0.25, -0.2) is 0 Å². The molecule has 112 valence electrons. The Hall–Kier alpha value is -1.75. The Balaban J connectivity index is 2.40. The minimum Gasteiger partial charge on any atom is -0.494 e. The van der Waals surface area contributed by atoms with Gasteiger partial charge in [0.15, 0.2) is 5.96 Å². The summed E-state index contributed by atoms with van der Waals surface area (Å²) in [5.74, 6) is 1.35. The molecule has 0 aliphatic heterocycles. The summed E-state index contributed by atoms with van der Waals surface area (Å²) in [6, 6.07) is 8.21. The zero-order valence-corrected chi connectivity index (χ0v) is 12.6. The molecule has 1 rings (SSSR count). The Morgan fingerprint density at radius 2 is 2.25 bits per heavy atom. The van der Waals surface area contributed by atoms with Gasteiger partial charge in [0.2, 0.25) is 0 Å². The highest BCUT2D eigenvalue weighted by atomic mass is 16.5. The summed E-state index contributed by atoms with van der Waals surface area (Å²) < 4.78 is 10.5. The standard InChI is InChI=1S/C15H25N3O2/c1-4-20-14-7-5-6-13(10-14)8-9-17-15(16)18-12(2)11-19-3/h5-7,10,12H,4,8-9,11H2,1-3H3,(H3,16,17,18). The van der Waals surface area contributed by atoms with Crippen molar-refractivity contribution in [1.82, 2.24) is 5.32 Å². The van der Waals surface area contributed by atoms with Crippen LogP contribution in [0.1, 0.15) is 19.4 Å². The Bertz CT molecular complexity index is 421. The van der Waals surface area contributed by atoms with Gasteiger partial charge in [0, 0.05) is 19.7 Å². The van der Waals surface area contributed by atoms with Gasteiger partial charge >= 0.3 is 0 Å². The Morgan fingerprint density at radius 1 is 1.45 bits per heavy atom. The van der Waals surface area contributed by atoms with Crippen LogP contribution in [-0.4, -0.2) is 38.9 Å². The number of nitrogens with zero attached hydrogens (tertiary/aromatic N) is 1. The van der Waals surface area contributed by atoms with Gasteiger partial charge in [-0.2, -0.15) is 0 Å². The minimum absolute atomic E-state index is 0.157. The number of ether oxygens (including phenoxy) is 2. The van der Waals surface area contributed by atoms with Crippen LogP contribution < -0.4 is 15.8 Å². The molecular weight excluding hydrogens is 254 g/mol. The van der Waals surface area contributed by atoms with E-state index in [9.17, 15) is 0 Å². The average molecular weight is 279 g/mol. The average Bonchev–Trinajstić information content (AvgIpc) is 2.39. The molecule has 1 aromatic carbocycles. The number of nitrogens with one attached hydrogen (secondary N) is 1. The van der Waals surface area contributed by atoms with E-state index in [0.29, 0.717) is 25.7 Å². The summed E-state index contributed by atoms with van der Waals surface area (Å²) in [6.45, 7) is 5.90. The summed E-state index contributed by atoms with van der Waals surface area (Å²) in [7, 11) is 1.66. The van der Waals surface area contributed by atoms with Crippen molar-refractivity contribution in [3.8, 4) is 5.75 Å². The Labute approximate surface area is 121 Å². The first kappa shape index (κ1) is 16.3. The molecule has 0 spiro atoms. The summed E-state index contributed by atoms with van der Waals surface area (Å²) in [5.41, 5.74) is 7.00. The van der Waals surface area contributed by atoms with Gasteiger partial charge in [-0.1, -0.05) is 12.1 Å². The summed E-state index contributed by atoms with van der Waals surface area (Å²) >= 11 is 0. The van der Waals surface area contributed by atoms with Crippen LogP contribution in [0.15, 0.2) is 29.3 Å². The number of benzene rings is 1. The maximum atomic E-state index is 5.81. The quantitative estimate of drug-likeness (QED) is 0.560. The Morgan fingerprint density at radius 3 is 2.95 bits per heavy atom. The molecule has 5 heteroatoms. The smallest absolute Gasteiger partial charge is 0.188 e. The topological polar surface area (TPSA) is 68.9 Å². The molecule has 0 saturated heterocycles. The van der Waals surface area contributed by atoms with E-state index in [2.05, 4.69) is 16.4 Å². The third kappa shape index (κ3) is 6.43. The molecule has 0 aromatic heterocycles. The first-order valence-electron chi connectivity index (χ1n) is 6.92. The predicted molar refractivity (Wildman–Crippen MR) is 82.3 cm³/mol. The highest BCUT2D eigenvalue weighted by Crippen LogP contribution is 2.13. The summed E-state index contributed by atoms with van der Waals surface area (Å²) in [5, 5.41) is 3.08. The summed E-state index contributed by atoms with van der Waals surface area (Å²) in [6.07, 6.45) is 0.835. The SMILES string of the molecule is CCOc1cccc(CCN=C(N)NC(C)COC)c1. The highest BCUT2D eigenvalue weighted by Gasteiger charge is 2.01. The second kappa shape index (κ2) is 9.20. The van der Waals surface area contributed by atoms with E-state index in [1.165, 1.54) is 5.56 Å². The largest absolute Gasteiger partial charge is 0.494 e. The number of hydrogen-bond donors (Lipinski definition) is 2. The number of hydrogen-bond acceptors (Lipinski definition) is 3. The van der Waals surface area contributed by atoms with E-state index >= 15 is 0 Å². The minimum atomic E-state index is 0.157. The van der Waals surface area contributed by atoms with E-state index in [0.717, 1.165) is 12.2 Å². The third-order valence-corrected chi connectivity index (χ3v) is 2.70. The van der Waals surface area contributed by atoms with Crippen molar-refractivity contribution in [2.75, 3.05) is 26.9 Å². The van der Waals surface area contributed by atoms with Crippen LogP contribution in [0.4, 0.5) is 0 Å². The second-order valence-electron chi connectivity index (χ2n) is 4.60. The van der Waals surface area contributed by atoms with Crippen LogP contribution in [0.25, 0.3) is 0 Å². The second-order valence-corrected chi connectivity index (χ2v) is 4.60.